The number of anilines is 1. The molecular formula is C7H5FN2. The van der Waals surface area contributed by atoms with E-state index in [9.17, 15) is 4.39 Å². The molecule has 1 rings (SSSR count). The van der Waals surface area contributed by atoms with Crippen LogP contribution in [0.2, 0.25) is 0 Å². The minimum atomic E-state index is -0.543. The Kier molecular flexibility index (Phi) is 1.55. The van der Waals surface area contributed by atoms with Gasteiger partial charge >= 0.3 is 0 Å². The molecule has 0 bridgehead atoms. The van der Waals surface area contributed by atoms with Crippen LogP contribution in [0.25, 0.3) is 0 Å². The van der Waals surface area contributed by atoms with Gasteiger partial charge in [-0.15, -0.1) is 6.42 Å². The minimum Gasteiger partial charge on any atom is -0.381 e. The third-order valence-electron chi connectivity index (χ3n) is 1.02. The van der Waals surface area contributed by atoms with Gasteiger partial charge in [-0.2, -0.15) is 0 Å². The molecule has 2 N–H and O–H groups in total. The molecule has 0 amide bonds. The van der Waals surface area contributed by atoms with Crippen molar-refractivity contribution in [3.63, 3.8) is 0 Å². The third-order valence-corrected chi connectivity index (χ3v) is 1.02. The quantitative estimate of drug-likeness (QED) is 0.535. The average molecular weight is 136 g/mol. The maximum atomic E-state index is 12.4. The van der Waals surface area contributed by atoms with E-state index in [-0.39, 0.29) is 5.82 Å². The van der Waals surface area contributed by atoms with Crippen molar-refractivity contribution < 1.29 is 4.39 Å². The fourth-order valence-electron chi connectivity index (χ4n) is 0.538. The first-order chi connectivity index (χ1) is 4.74. The van der Waals surface area contributed by atoms with Crippen LogP contribution in [0.1, 0.15) is 5.69 Å². The first kappa shape index (κ1) is 6.56. The number of aromatic nitrogens is 1. The van der Waals surface area contributed by atoms with Gasteiger partial charge in [-0.3, -0.25) is 0 Å². The number of hydrogen-bond acceptors (Lipinski definition) is 2. The molecule has 2 nitrogen and oxygen atoms in total. The molecule has 10 heavy (non-hydrogen) atoms. The molecule has 0 fully saturated rings. The number of pyridine rings is 1. The summed E-state index contributed by atoms with van der Waals surface area (Å²) < 4.78 is 12.4. The Labute approximate surface area is 57.9 Å². The predicted octanol–water partition coefficient (Wildman–Crippen LogP) is 0.784. The second-order valence-corrected chi connectivity index (χ2v) is 1.71. The summed E-state index contributed by atoms with van der Waals surface area (Å²) in [7, 11) is 0. The molecule has 50 valence electrons. The summed E-state index contributed by atoms with van der Waals surface area (Å²) in [5, 5.41) is 0. The van der Waals surface area contributed by atoms with Gasteiger partial charge in [-0.05, 0) is 12.1 Å². The summed E-state index contributed by atoms with van der Waals surface area (Å²) in [4.78, 5) is 3.56. The van der Waals surface area contributed by atoms with Crippen molar-refractivity contribution in [2.45, 2.75) is 0 Å². The first-order valence-corrected chi connectivity index (χ1v) is 2.62. The largest absolute Gasteiger partial charge is 0.381 e. The van der Waals surface area contributed by atoms with Gasteiger partial charge < -0.3 is 5.73 Å². The summed E-state index contributed by atoms with van der Waals surface area (Å²) in [5.41, 5.74) is 5.46. The second-order valence-electron chi connectivity index (χ2n) is 1.71. The Bertz CT molecular complexity index is 288. The molecule has 0 aromatic carbocycles. The van der Waals surface area contributed by atoms with E-state index in [0.29, 0.717) is 5.69 Å². The molecule has 0 spiro atoms. The van der Waals surface area contributed by atoms with E-state index in [1.807, 2.05) is 0 Å². The van der Waals surface area contributed by atoms with Crippen LogP contribution >= 0.6 is 0 Å². The van der Waals surface area contributed by atoms with Gasteiger partial charge in [0.25, 0.3) is 0 Å². The van der Waals surface area contributed by atoms with Crippen LogP contribution < -0.4 is 5.73 Å². The Morgan fingerprint density at radius 1 is 1.60 bits per heavy atom. The number of terminal acetylenes is 1. The van der Waals surface area contributed by atoms with Crippen LogP contribution in [-0.2, 0) is 0 Å². The third kappa shape index (κ3) is 1.06. The van der Waals surface area contributed by atoms with Crippen molar-refractivity contribution >= 4 is 5.82 Å². The van der Waals surface area contributed by atoms with Gasteiger partial charge in [0, 0.05) is 0 Å². The van der Waals surface area contributed by atoms with Gasteiger partial charge in [-0.1, -0.05) is 5.92 Å². The van der Waals surface area contributed by atoms with E-state index in [1.54, 1.807) is 0 Å². The molecule has 0 radical (unpaired) electrons. The monoisotopic (exact) mass is 136 g/mol. The molecular weight excluding hydrogens is 131 g/mol. The lowest BCUT2D eigenvalue weighted by Gasteiger charge is -1.93. The molecule has 3 heteroatoms. The van der Waals surface area contributed by atoms with Crippen molar-refractivity contribution in [1.82, 2.24) is 4.98 Å². The fourth-order valence-corrected chi connectivity index (χ4v) is 0.538. The second kappa shape index (κ2) is 2.36. The van der Waals surface area contributed by atoms with Gasteiger partial charge in [0.1, 0.15) is 5.69 Å². The molecule has 0 aliphatic rings. The number of nitrogens with zero attached hydrogens (tertiary/aromatic N) is 1. The lowest BCUT2D eigenvalue weighted by molar-refractivity contribution is 0.627. The SMILES string of the molecule is C#Cc1ccc(F)c(N)n1. The Morgan fingerprint density at radius 3 is 2.80 bits per heavy atom. The number of halogens is 1. The maximum absolute atomic E-state index is 12.4. The van der Waals surface area contributed by atoms with E-state index in [0.717, 1.165) is 0 Å². The lowest BCUT2D eigenvalue weighted by atomic mass is 10.3. The van der Waals surface area contributed by atoms with Gasteiger partial charge in [-0.25, -0.2) is 9.37 Å². The highest BCUT2D eigenvalue weighted by atomic mass is 19.1. The Morgan fingerprint density at radius 2 is 2.30 bits per heavy atom. The number of hydrogen-bond donors (Lipinski definition) is 1. The highest BCUT2D eigenvalue weighted by Crippen LogP contribution is 2.05. The zero-order valence-corrected chi connectivity index (χ0v) is 5.13. The van der Waals surface area contributed by atoms with Crippen LogP contribution in [0.15, 0.2) is 12.1 Å². The van der Waals surface area contributed by atoms with Crippen LogP contribution in [0.5, 0.6) is 0 Å². The topological polar surface area (TPSA) is 38.9 Å². The van der Waals surface area contributed by atoms with Crippen molar-refractivity contribution in [2.24, 2.45) is 0 Å². The molecule has 0 saturated carbocycles. The summed E-state index contributed by atoms with van der Waals surface area (Å²) in [6, 6.07) is 2.59. The van der Waals surface area contributed by atoms with Crippen molar-refractivity contribution in [1.29, 1.82) is 0 Å². The molecule has 1 aromatic rings. The predicted molar refractivity (Wildman–Crippen MR) is 36.5 cm³/mol. The van der Waals surface area contributed by atoms with E-state index in [2.05, 4.69) is 10.9 Å². The summed E-state index contributed by atoms with van der Waals surface area (Å²) >= 11 is 0. The van der Waals surface area contributed by atoms with Gasteiger partial charge in [0.05, 0.1) is 0 Å². The molecule has 0 unspecified atom stereocenters. The lowest BCUT2D eigenvalue weighted by Crippen LogP contribution is -1.95. The normalized spacial score (nSPS) is 8.80. The first-order valence-electron chi connectivity index (χ1n) is 2.62. The van der Waals surface area contributed by atoms with Crippen LogP contribution in [-0.4, -0.2) is 4.98 Å². The zero-order valence-electron chi connectivity index (χ0n) is 5.13. The van der Waals surface area contributed by atoms with Gasteiger partial charge in [0.15, 0.2) is 11.6 Å². The maximum Gasteiger partial charge on any atom is 0.165 e. The Hall–Kier alpha value is -1.56. The van der Waals surface area contributed by atoms with E-state index < -0.39 is 5.82 Å². The van der Waals surface area contributed by atoms with Gasteiger partial charge in [0.2, 0.25) is 0 Å². The van der Waals surface area contributed by atoms with Crippen LogP contribution in [0, 0.1) is 18.2 Å². The minimum absolute atomic E-state index is 0.157. The van der Waals surface area contributed by atoms with E-state index >= 15 is 0 Å². The summed E-state index contributed by atoms with van der Waals surface area (Å²) in [6.45, 7) is 0. The number of rotatable bonds is 0. The smallest absolute Gasteiger partial charge is 0.165 e. The molecule has 1 heterocycles. The molecule has 0 aliphatic heterocycles. The number of nitrogens with two attached hydrogens (primary N) is 1. The highest BCUT2D eigenvalue weighted by molar-refractivity contribution is 5.36. The highest BCUT2D eigenvalue weighted by Gasteiger charge is 1.97. The molecule has 0 saturated heterocycles. The van der Waals surface area contributed by atoms with E-state index in [4.69, 9.17) is 12.2 Å². The molecule has 0 aliphatic carbocycles. The standard InChI is InChI=1S/C7H5FN2/c1-2-5-3-4-6(8)7(9)10-5/h1,3-4H,(H2,9,10). The van der Waals surface area contributed by atoms with E-state index in [1.165, 1.54) is 12.1 Å². The van der Waals surface area contributed by atoms with Crippen LogP contribution in [0.4, 0.5) is 10.2 Å². The summed E-state index contributed by atoms with van der Waals surface area (Å²) in [5.74, 6) is 1.54. The average Bonchev–Trinajstić information content (AvgIpc) is 1.95. The molecule has 1 aromatic heterocycles. The van der Waals surface area contributed by atoms with Crippen molar-refractivity contribution in [3.8, 4) is 12.3 Å². The number of nitrogen functional groups attached to an aromatic ring is 1. The summed E-state index contributed by atoms with van der Waals surface area (Å²) in [6.07, 6.45) is 4.98. The fraction of sp³-hybridized carbons (Fsp3) is 0. The van der Waals surface area contributed by atoms with Crippen LogP contribution in [0.3, 0.4) is 0 Å². The molecule has 0 atom stereocenters. The zero-order chi connectivity index (χ0) is 7.56. The van der Waals surface area contributed by atoms with Crippen molar-refractivity contribution in [3.05, 3.63) is 23.6 Å². The Balaban J connectivity index is 3.20. The van der Waals surface area contributed by atoms with Crippen molar-refractivity contribution in [2.75, 3.05) is 5.73 Å².